The number of aryl methyl sites for hydroxylation is 1. The van der Waals surface area contributed by atoms with Crippen LogP contribution >= 0.6 is 23.2 Å². The van der Waals surface area contributed by atoms with Crippen molar-refractivity contribution in [3.8, 4) is 0 Å². The molecule has 0 aliphatic carbocycles. The van der Waals surface area contributed by atoms with Crippen LogP contribution in [0.15, 0.2) is 41.2 Å². The first kappa shape index (κ1) is 16.8. The van der Waals surface area contributed by atoms with E-state index in [0.717, 1.165) is 23.1 Å². The first-order valence-electron chi connectivity index (χ1n) is 7.61. The molecule has 0 radical (unpaired) electrons. The van der Waals surface area contributed by atoms with Crippen LogP contribution in [0.25, 0.3) is 5.57 Å². The molecule has 0 spiro atoms. The van der Waals surface area contributed by atoms with Gasteiger partial charge < -0.3 is 10.3 Å². The van der Waals surface area contributed by atoms with Gasteiger partial charge in [-0.15, -0.1) is 0 Å². The third-order valence-electron chi connectivity index (χ3n) is 4.03. The summed E-state index contributed by atoms with van der Waals surface area (Å²) in [5, 5.41) is 3.69. The van der Waals surface area contributed by atoms with Crippen molar-refractivity contribution in [3.63, 3.8) is 0 Å². The molecule has 1 saturated heterocycles. The molecule has 2 aromatic rings. The molecule has 0 bridgehead atoms. The summed E-state index contributed by atoms with van der Waals surface area (Å²) < 4.78 is 0. The fourth-order valence-corrected chi connectivity index (χ4v) is 2.97. The number of carbonyl (C=O) groups excluding carboxylic acids is 1. The van der Waals surface area contributed by atoms with E-state index in [4.69, 9.17) is 23.2 Å². The van der Waals surface area contributed by atoms with Crippen LogP contribution in [0.2, 0.25) is 10.0 Å². The summed E-state index contributed by atoms with van der Waals surface area (Å²) in [6.45, 7) is 1.93. The molecule has 24 heavy (non-hydrogen) atoms. The predicted octanol–water partition coefficient (Wildman–Crippen LogP) is 3.70. The van der Waals surface area contributed by atoms with Crippen molar-refractivity contribution in [1.82, 2.24) is 10.3 Å². The highest BCUT2D eigenvalue weighted by Gasteiger charge is 2.20. The van der Waals surface area contributed by atoms with Crippen LogP contribution in [0.5, 0.6) is 0 Å². The lowest BCUT2D eigenvalue weighted by Crippen LogP contribution is -2.23. The first-order chi connectivity index (χ1) is 11.4. The third kappa shape index (κ3) is 3.55. The minimum absolute atomic E-state index is 0.0298. The van der Waals surface area contributed by atoms with Gasteiger partial charge in [-0.2, -0.15) is 0 Å². The number of amides is 1. The molecule has 124 valence electrons. The summed E-state index contributed by atoms with van der Waals surface area (Å²) in [5.41, 5.74) is 2.92. The number of aromatic nitrogens is 1. The molecule has 1 aromatic heterocycles. The Morgan fingerprint density at radius 2 is 1.96 bits per heavy atom. The van der Waals surface area contributed by atoms with Gasteiger partial charge in [0, 0.05) is 28.8 Å². The molecule has 0 saturated carbocycles. The Kier molecular flexibility index (Phi) is 4.78. The van der Waals surface area contributed by atoms with Crippen LogP contribution in [0.1, 0.15) is 29.7 Å². The summed E-state index contributed by atoms with van der Waals surface area (Å²) in [5.74, 6) is 0.0298. The standard InChI is InChI=1S/C18H16Cl2N2O2/c1-10-2-3-11(8-15(10)20)13(9-12-4-7-17(23)21-12)16-6-5-14(19)18(24)22-16/h2-3,5-6,8-9,12H,4,7H2,1H3,(H,21,23)(H,22,24)/b13-9-/t12-/m1/s1. The molecule has 1 fully saturated rings. The second-order valence-electron chi connectivity index (χ2n) is 5.81. The van der Waals surface area contributed by atoms with Crippen molar-refractivity contribution in [3.05, 3.63) is 73.6 Å². The molecule has 2 heterocycles. The number of aromatic amines is 1. The van der Waals surface area contributed by atoms with Crippen LogP contribution in [0, 0.1) is 6.92 Å². The van der Waals surface area contributed by atoms with Gasteiger partial charge in [0.25, 0.3) is 5.56 Å². The maximum absolute atomic E-state index is 11.9. The molecule has 1 aromatic carbocycles. The Hall–Kier alpha value is -2.04. The second kappa shape index (κ2) is 6.83. The average molecular weight is 363 g/mol. The van der Waals surface area contributed by atoms with Crippen molar-refractivity contribution in [2.75, 3.05) is 0 Å². The maximum Gasteiger partial charge on any atom is 0.267 e. The van der Waals surface area contributed by atoms with Gasteiger partial charge in [-0.05, 0) is 42.7 Å². The highest BCUT2D eigenvalue weighted by Crippen LogP contribution is 2.28. The van der Waals surface area contributed by atoms with Crippen LogP contribution in [0.3, 0.4) is 0 Å². The Morgan fingerprint density at radius 1 is 1.17 bits per heavy atom. The van der Waals surface area contributed by atoms with E-state index in [-0.39, 0.29) is 22.5 Å². The van der Waals surface area contributed by atoms with E-state index in [2.05, 4.69) is 10.3 Å². The van der Waals surface area contributed by atoms with E-state index in [1.807, 2.05) is 31.2 Å². The van der Waals surface area contributed by atoms with E-state index >= 15 is 0 Å². The number of H-pyrrole nitrogens is 1. The predicted molar refractivity (Wildman–Crippen MR) is 96.5 cm³/mol. The number of hydrogen-bond acceptors (Lipinski definition) is 2. The fourth-order valence-electron chi connectivity index (χ4n) is 2.68. The van der Waals surface area contributed by atoms with Gasteiger partial charge in [-0.3, -0.25) is 9.59 Å². The molecular weight excluding hydrogens is 347 g/mol. The van der Waals surface area contributed by atoms with Crippen molar-refractivity contribution >= 4 is 34.7 Å². The van der Waals surface area contributed by atoms with Gasteiger partial charge in [0.05, 0.1) is 0 Å². The number of rotatable bonds is 3. The highest BCUT2D eigenvalue weighted by atomic mass is 35.5. The third-order valence-corrected chi connectivity index (χ3v) is 4.74. The number of benzene rings is 1. The summed E-state index contributed by atoms with van der Waals surface area (Å²) in [4.78, 5) is 26.1. The lowest BCUT2D eigenvalue weighted by Gasteiger charge is -2.13. The van der Waals surface area contributed by atoms with Gasteiger partial charge >= 0.3 is 0 Å². The van der Waals surface area contributed by atoms with E-state index in [9.17, 15) is 9.59 Å². The van der Waals surface area contributed by atoms with Gasteiger partial charge in [-0.1, -0.05) is 41.4 Å². The smallest absolute Gasteiger partial charge is 0.267 e. The van der Waals surface area contributed by atoms with Crippen molar-refractivity contribution in [2.24, 2.45) is 0 Å². The first-order valence-corrected chi connectivity index (χ1v) is 8.36. The minimum Gasteiger partial charge on any atom is -0.350 e. The van der Waals surface area contributed by atoms with Gasteiger partial charge in [0.1, 0.15) is 5.02 Å². The number of nitrogens with one attached hydrogen (secondary N) is 2. The Bertz CT molecular complexity index is 887. The molecule has 6 heteroatoms. The average Bonchev–Trinajstić information content (AvgIpc) is 2.96. The van der Waals surface area contributed by atoms with Crippen LogP contribution in [-0.2, 0) is 4.79 Å². The zero-order chi connectivity index (χ0) is 17.3. The maximum atomic E-state index is 11.9. The lowest BCUT2D eigenvalue weighted by atomic mass is 9.98. The SMILES string of the molecule is Cc1ccc(/C(=C/[C@H]2CCC(=O)N2)c2ccc(Cl)c(=O)[nH]2)cc1Cl. The zero-order valence-electron chi connectivity index (χ0n) is 13.0. The summed E-state index contributed by atoms with van der Waals surface area (Å²) in [6.07, 6.45) is 3.17. The van der Waals surface area contributed by atoms with Gasteiger partial charge in [0.2, 0.25) is 5.91 Å². The van der Waals surface area contributed by atoms with Gasteiger partial charge in [-0.25, -0.2) is 0 Å². The monoisotopic (exact) mass is 362 g/mol. The van der Waals surface area contributed by atoms with Crippen LogP contribution in [0.4, 0.5) is 0 Å². The molecule has 0 unspecified atom stereocenters. The number of halogens is 2. The second-order valence-corrected chi connectivity index (χ2v) is 6.62. The van der Waals surface area contributed by atoms with E-state index in [1.54, 1.807) is 12.1 Å². The Balaban J connectivity index is 2.10. The molecule has 4 nitrogen and oxygen atoms in total. The topological polar surface area (TPSA) is 62.0 Å². The molecular formula is C18H16Cl2N2O2. The summed E-state index contributed by atoms with van der Waals surface area (Å²) in [7, 11) is 0. The lowest BCUT2D eigenvalue weighted by molar-refractivity contribution is -0.119. The van der Waals surface area contributed by atoms with Crippen LogP contribution < -0.4 is 10.9 Å². The van der Waals surface area contributed by atoms with E-state index in [0.29, 0.717) is 17.1 Å². The normalized spacial score (nSPS) is 17.9. The van der Waals surface area contributed by atoms with Gasteiger partial charge in [0.15, 0.2) is 0 Å². The van der Waals surface area contributed by atoms with Crippen LogP contribution in [-0.4, -0.2) is 16.9 Å². The van der Waals surface area contributed by atoms with E-state index < -0.39 is 0 Å². The van der Waals surface area contributed by atoms with Crippen molar-refractivity contribution in [1.29, 1.82) is 0 Å². The quantitative estimate of drug-likeness (QED) is 0.874. The molecule has 1 atom stereocenters. The molecule has 1 amide bonds. The van der Waals surface area contributed by atoms with Crippen molar-refractivity contribution < 1.29 is 4.79 Å². The fraction of sp³-hybridized carbons (Fsp3) is 0.222. The Morgan fingerprint density at radius 3 is 2.58 bits per heavy atom. The molecule has 2 N–H and O–H groups in total. The number of pyridine rings is 1. The number of carbonyl (C=O) groups is 1. The molecule has 1 aliphatic rings. The molecule has 3 rings (SSSR count). The zero-order valence-corrected chi connectivity index (χ0v) is 14.5. The molecule has 1 aliphatic heterocycles. The van der Waals surface area contributed by atoms with Crippen molar-refractivity contribution in [2.45, 2.75) is 25.8 Å². The number of hydrogen-bond donors (Lipinski definition) is 2. The highest BCUT2D eigenvalue weighted by molar-refractivity contribution is 6.31. The minimum atomic E-state index is -0.353. The Labute approximate surface area is 149 Å². The van der Waals surface area contributed by atoms with E-state index in [1.165, 1.54) is 0 Å². The summed E-state index contributed by atoms with van der Waals surface area (Å²) >= 11 is 12.1. The summed E-state index contributed by atoms with van der Waals surface area (Å²) in [6, 6.07) is 8.95. The largest absolute Gasteiger partial charge is 0.350 e.